The smallest absolute Gasteiger partial charge is 0.256 e. The number of carbonyl (C=O) groups excluding carboxylic acids is 2. The summed E-state index contributed by atoms with van der Waals surface area (Å²) in [5, 5.41) is 3.53. The molecule has 4 rings (SSSR count). The summed E-state index contributed by atoms with van der Waals surface area (Å²) in [5.74, 6) is -0.666. The number of halogens is 2. The number of amides is 2. The molecule has 1 saturated heterocycles. The Hall–Kier alpha value is -1.64. The van der Waals surface area contributed by atoms with Gasteiger partial charge in [0.1, 0.15) is 5.00 Å². The van der Waals surface area contributed by atoms with Crippen molar-refractivity contribution in [3.8, 4) is 0 Å². The van der Waals surface area contributed by atoms with Gasteiger partial charge in [-0.3, -0.25) is 14.5 Å². The predicted molar refractivity (Wildman–Crippen MR) is 124 cm³/mol. The number of rotatable bonds is 5. The van der Waals surface area contributed by atoms with Crippen LogP contribution in [0.2, 0.25) is 0 Å². The van der Waals surface area contributed by atoms with Crippen LogP contribution in [0.5, 0.6) is 0 Å². The molecule has 9 heteroatoms. The highest BCUT2D eigenvalue weighted by atomic mass is 35.5. The van der Waals surface area contributed by atoms with Crippen LogP contribution >= 0.6 is 36.2 Å². The highest BCUT2D eigenvalue weighted by Crippen LogP contribution is 2.38. The second kappa shape index (κ2) is 11.1. The van der Waals surface area contributed by atoms with Crippen LogP contribution in [0.4, 0.5) is 5.00 Å². The molecule has 1 fully saturated rings. The first-order chi connectivity index (χ1) is 13.6. The summed E-state index contributed by atoms with van der Waals surface area (Å²) < 4.78 is 5.39. The van der Waals surface area contributed by atoms with E-state index in [9.17, 15) is 9.59 Å². The molecule has 0 saturated carbocycles. The highest BCUT2D eigenvalue weighted by Gasteiger charge is 2.25. The maximum Gasteiger partial charge on any atom is 0.256 e. The fraction of sp³-hybridized carbons (Fsp3) is 0.429. The molecule has 0 atom stereocenters. The number of nitrogens with one attached hydrogen (secondary N) is 1. The van der Waals surface area contributed by atoms with Crippen LogP contribution < -0.4 is 11.1 Å². The number of anilines is 1. The predicted octanol–water partition coefficient (Wildman–Crippen LogP) is 3.65. The molecule has 164 valence electrons. The molecule has 1 aliphatic carbocycles. The van der Waals surface area contributed by atoms with Crippen LogP contribution in [0.25, 0.3) is 0 Å². The Bertz CT molecular complexity index is 898. The van der Waals surface area contributed by atoms with E-state index < -0.39 is 5.91 Å². The Morgan fingerprint density at radius 1 is 1.13 bits per heavy atom. The van der Waals surface area contributed by atoms with Crippen molar-refractivity contribution >= 4 is 53.0 Å². The van der Waals surface area contributed by atoms with Crippen LogP contribution in [0.1, 0.15) is 49.6 Å². The number of morpholine rings is 1. The third kappa shape index (κ3) is 5.53. The van der Waals surface area contributed by atoms with Crippen LogP contribution in [0.3, 0.4) is 0 Å². The zero-order valence-electron chi connectivity index (χ0n) is 16.6. The number of carbonyl (C=O) groups is 2. The fourth-order valence-corrected chi connectivity index (χ4v) is 5.21. The average Bonchev–Trinajstić information content (AvgIpc) is 3.07. The van der Waals surface area contributed by atoms with Gasteiger partial charge in [-0.15, -0.1) is 36.2 Å². The quantitative estimate of drug-likeness (QED) is 0.696. The topological polar surface area (TPSA) is 84.7 Å². The minimum atomic E-state index is -0.462. The van der Waals surface area contributed by atoms with Gasteiger partial charge in [0.25, 0.3) is 11.8 Å². The van der Waals surface area contributed by atoms with E-state index in [1.165, 1.54) is 16.2 Å². The molecule has 0 bridgehead atoms. The molecular weight excluding hydrogens is 445 g/mol. The number of benzene rings is 1. The molecule has 0 unspecified atom stereocenters. The number of nitrogens with zero attached hydrogens (tertiary/aromatic N) is 1. The molecule has 1 aromatic carbocycles. The Balaban J connectivity index is 0.00000160. The van der Waals surface area contributed by atoms with Gasteiger partial charge >= 0.3 is 0 Å². The number of ether oxygens (including phenoxy) is 1. The lowest BCUT2D eigenvalue weighted by Gasteiger charge is -2.26. The zero-order valence-corrected chi connectivity index (χ0v) is 19.1. The lowest BCUT2D eigenvalue weighted by molar-refractivity contribution is 0.0342. The third-order valence-corrected chi connectivity index (χ3v) is 6.55. The Labute approximate surface area is 193 Å². The fourth-order valence-electron chi connectivity index (χ4n) is 3.92. The van der Waals surface area contributed by atoms with Crippen molar-refractivity contribution in [2.45, 2.75) is 32.2 Å². The molecule has 1 aromatic heterocycles. The Morgan fingerprint density at radius 2 is 1.87 bits per heavy atom. The molecular formula is C21H27Cl2N3O3S. The van der Waals surface area contributed by atoms with Crippen LogP contribution in [-0.4, -0.2) is 43.0 Å². The van der Waals surface area contributed by atoms with Crippen molar-refractivity contribution in [1.29, 1.82) is 0 Å². The maximum absolute atomic E-state index is 12.9. The van der Waals surface area contributed by atoms with Gasteiger partial charge in [-0.05, 0) is 48.9 Å². The van der Waals surface area contributed by atoms with Crippen LogP contribution in [0.15, 0.2) is 24.3 Å². The summed E-state index contributed by atoms with van der Waals surface area (Å²) in [6, 6.07) is 7.65. The summed E-state index contributed by atoms with van der Waals surface area (Å²) in [6.45, 7) is 4.10. The number of hydrogen-bond acceptors (Lipinski definition) is 5. The van der Waals surface area contributed by atoms with E-state index >= 15 is 0 Å². The van der Waals surface area contributed by atoms with E-state index in [1.807, 2.05) is 18.2 Å². The first-order valence-electron chi connectivity index (χ1n) is 9.76. The van der Waals surface area contributed by atoms with Gasteiger partial charge in [0.05, 0.1) is 18.8 Å². The number of primary amides is 1. The van der Waals surface area contributed by atoms with Gasteiger partial charge in [0, 0.05) is 30.1 Å². The molecule has 0 spiro atoms. The van der Waals surface area contributed by atoms with E-state index in [0.29, 0.717) is 16.1 Å². The van der Waals surface area contributed by atoms with Crippen molar-refractivity contribution in [2.24, 2.45) is 5.73 Å². The van der Waals surface area contributed by atoms with Crippen molar-refractivity contribution in [2.75, 3.05) is 31.6 Å². The Morgan fingerprint density at radius 3 is 2.60 bits per heavy atom. The van der Waals surface area contributed by atoms with Crippen molar-refractivity contribution in [3.05, 3.63) is 51.4 Å². The third-order valence-electron chi connectivity index (χ3n) is 5.34. The molecule has 30 heavy (non-hydrogen) atoms. The lowest BCUT2D eigenvalue weighted by atomic mass is 9.95. The number of fused-ring (bicyclic) bond motifs is 1. The summed E-state index contributed by atoms with van der Waals surface area (Å²) in [5.41, 5.74) is 8.84. The zero-order chi connectivity index (χ0) is 19.5. The molecule has 2 amide bonds. The molecule has 6 nitrogen and oxygen atoms in total. The maximum atomic E-state index is 12.9. The van der Waals surface area contributed by atoms with Crippen molar-refractivity contribution < 1.29 is 14.3 Å². The first kappa shape index (κ1) is 24.6. The highest BCUT2D eigenvalue weighted by molar-refractivity contribution is 7.17. The number of nitrogens with two attached hydrogens (primary N) is 1. The van der Waals surface area contributed by atoms with Gasteiger partial charge in [-0.2, -0.15) is 0 Å². The van der Waals surface area contributed by atoms with Gasteiger partial charge in [-0.1, -0.05) is 12.1 Å². The number of thiophene rings is 1. The van der Waals surface area contributed by atoms with Crippen molar-refractivity contribution in [1.82, 2.24) is 4.90 Å². The molecule has 2 heterocycles. The lowest BCUT2D eigenvalue weighted by Crippen LogP contribution is -2.35. The molecule has 2 aromatic rings. The first-order valence-corrected chi connectivity index (χ1v) is 10.6. The monoisotopic (exact) mass is 471 g/mol. The van der Waals surface area contributed by atoms with Gasteiger partial charge in [-0.25, -0.2) is 0 Å². The largest absolute Gasteiger partial charge is 0.379 e. The number of hydrogen-bond donors (Lipinski definition) is 2. The minimum absolute atomic E-state index is 0. The van der Waals surface area contributed by atoms with E-state index in [0.717, 1.165) is 69.7 Å². The summed E-state index contributed by atoms with van der Waals surface area (Å²) in [6.07, 6.45) is 3.98. The SMILES string of the molecule is Cl.Cl.NC(=O)c1c(NC(=O)c2cccc(CN3CCOCC3)c2)sc2c1CCCC2. The van der Waals surface area contributed by atoms with Crippen molar-refractivity contribution in [3.63, 3.8) is 0 Å². The number of aryl methyl sites for hydroxylation is 1. The van der Waals surface area contributed by atoms with E-state index in [2.05, 4.69) is 10.2 Å². The molecule has 2 aliphatic rings. The van der Waals surface area contributed by atoms with Gasteiger partial charge < -0.3 is 15.8 Å². The van der Waals surface area contributed by atoms with E-state index in [1.54, 1.807) is 6.07 Å². The molecule has 3 N–H and O–H groups in total. The summed E-state index contributed by atoms with van der Waals surface area (Å²) >= 11 is 1.49. The summed E-state index contributed by atoms with van der Waals surface area (Å²) in [7, 11) is 0. The minimum Gasteiger partial charge on any atom is -0.379 e. The standard InChI is InChI=1S/C21H25N3O3S.2ClH/c22-19(25)18-16-6-1-2-7-17(16)28-21(18)23-20(26)15-5-3-4-14(12-15)13-24-8-10-27-11-9-24;;/h3-5,12H,1-2,6-11,13H2,(H2,22,25)(H,23,26);2*1H. The average molecular weight is 472 g/mol. The second-order valence-corrected chi connectivity index (χ2v) is 8.43. The molecule has 1 aliphatic heterocycles. The Kier molecular flexibility index (Phi) is 9.12. The van der Waals surface area contributed by atoms with E-state index in [4.69, 9.17) is 10.5 Å². The van der Waals surface area contributed by atoms with Crippen LogP contribution in [-0.2, 0) is 24.1 Å². The van der Waals surface area contributed by atoms with Crippen LogP contribution in [0, 0.1) is 0 Å². The van der Waals surface area contributed by atoms with Gasteiger partial charge in [0.15, 0.2) is 0 Å². The normalized spacial score (nSPS) is 16.0. The second-order valence-electron chi connectivity index (χ2n) is 7.32. The van der Waals surface area contributed by atoms with Gasteiger partial charge in [0.2, 0.25) is 0 Å². The molecule has 0 radical (unpaired) electrons. The summed E-state index contributed by atoms with van der Waals surface area (Å²) in [4.78, 5) is 28.4. The van der Waals surface area contributed by atoms with E-state index in [-0.39, 0.29) is 30.7 Å².